The molecule has 21 heavy (non-hydrogen) atoms. The van der Waals surface area contributed by atoms with E-state index in [9.17, 15) is 5.11 Å². The highest BCUT2D eigenvalue weighted by molar-refractivity contribution is 6.36. The summed E-state index contributed by atoms with van der Waals surface area (Å²) in [7, 11) is 0. The summed E-state index contributed by atoms with van der Waals surface area (Å²) in [6.45, 7) is 0. The molecular formula is C16H12Cl2N2O. The molecule has 1 unspecified atom stereocenters. The van der Waals surface area contributed by atoms with Crippen LogP contribution in [-0.2, 0) is 0 Å². The molecule has 1 N–H and O–H groups in total. The first-order valence-electron chi connectivity index (χ1n) is 6.40. The van der Waals surface area contributed by atoms with Crippen LogP contribution in [0.5, 0.6) is 0 Å². The van der Waals surface area contributed by atoms with Crippen LogP contribution in [0.25, 0.3) is 5.69 Å². The second-order valence-corrected chi connectivity index (χ2v) is 5.36. The molecule has 1 aromatic heterocycles. The summed E-state index contributed by atoms with van der Waals surface area (Å²) >= 11 is 12.3. The van der Waals surface area contributed by atoms with Crippen LogP contribution in [0.4, 0.5) is 0 Å². The van der Waals surface area contributed by atoms with Gasteiger partial charge in [-0.2, -0.15) is 5.10 Å². The van der Waals surface area contributed by atoms with Crippen LogP contribution in [0.15, 0.2) is 60.8 Å². The van der Waals surface area contributed by atoms with Crippen molar-refractivity contribution in [2.75, 3.05) is 0 Å². The second-order valence-electron chi connectivity index (χ2n) is 4.54. The lowest BCUT2D eigenvalue weighted by molar-refractivity contribution is 0.212. The van der Waals surface area contributed by atoms with Crippen LogP contribution in [0.3, 0.4) is 0 Å². The van der Waals surface area contributed by atoms with Crippen LogP contribution in [0.1, 0.15) is 17.4 Å². The zero-order chi connectivity index (χ0) is 14.8. The van der Waals surface area contributed by atoms with Crippen molar-refractivity contribution in [3.63, 3.8) is 0 Å². The van der Waals surface area contributed by atoms with Crippen molar-refractivity contribution in [3.05, 3.63) is 82.1 Å². The van der Waals surface area contributed by atoms with Gasteiger partial charge in [0.25, 0.3) is 0 Å². The van der Waals surface area contributed by atoms with E-state index in [0.29, 0.717) is 21.3 Å². The molecule has 0 radical (unpaired) electrons. The highest BCUT2D eigenvalue weighted by Gasteiger charge is 2.21. The lowest BCUT2D eigenvalue weighted by atomic mass is 10.1. The Morgan fingerprint density at radius 3 is 2.24 bits per heavy atom. The molecule has 1 atom stereocenters. The van der Waals surface area contributed by atoms with Gasteiger partial charge in [-0.05, 0) is 30.3 Å². The summed E-state index contributed by atoms with van der Waals surface area (Å²) in [5.74, 6) is 0. The van der Waals surface area contributed by atoms with E-state index in [-0.39, 0.29) is 0 Å². The highest BCUT2D eigenvalue weighted by atomic mass is 35.5. The maximum atomic E-state index is 10.7. The fraction of sp³-hybridized carbons (Fsp3) is 0.0625. The first kappa shape index (κ1) is 14.1. The van der Waals surface area contributed by atoms with Gasteiger partial charge in [0.2, 0.25) is 0 Å². The standard InChI is InChI=1S/C16H12Cl2N2O/c17-12-7-4-8-13(18)15(12)16(21)14-9-10-19-20(14)11-5-2-1-3-6-11/h1-10,16,21H. The van der Waals surface area contributed by atoms with Gasteiger partial charge in [0.1, 0.15) is 6.10 Å². The topological polar surface area (TPSA) is 38.1 Å². The van der Waals surface area contributed by atoms with Crippen molar-refractivity contribution in [2.24, 2.45) is 0 Å². The van der Waals surface area contributed by atoms with E-state index in [1.807, 2.05) is 30.3 Å². The van der Waals surface area contributed by atoms with E-state index in [1.54, 1.807) is 35.1 Å². The molecule has 0 bridgehead atoms. The van der Waals surface area contributed by atoms with E-state index < -0.39 is 6.10 Å². The monoisotopic (exact) mass is 318 g/mol. The number of halogens is 2. The van der Waals surface area contributed by atoms with E-state index in [4.69, 9.17) is 23.2 Å². The van der Waals surface area contributed by atoms with Crippen molar-refractivity contribution in [1.82, 2.24) is 9.78 Å². The number of aliphatic hydroxyl groups excluding tert-OH is 1. The van der Waals surface area contributed by atoms with Gasteiger partial charge < -0.3 is 5.11 Å². The summed E-state index contributed by atoms with van der Waals surface area (Å²) in [6.07, 6.45) is 0.685. The van der Waals surface area contributed by atoms with Crippen molar-refractivity contribution in [2.45, 2.75) is 6.10 Å². The molecule has 0 aliphatic carbocycles. The van der Waals surface area contributed by atoms with Crippen molar-refractivity contribution < 1.29 is 5.11 Å². The molecule has 0 saturated carbocycles. The largest absolute Gasteiger partial charge is 0.382 e. The van der Waals surface area contributed by atoms with Crippen molar-refractivity contribution in [3.8, 4) is 5.69 Å². The quantitative estimate of drug-likeness (QED) is 0.783. The number of aliphatic hydroxyl groups is 1. The van der Waals surface area contributed by atoms with E-state index >= 15 is 0 Å². The van der Waals surface area contributed by atoms with Crippen molar-refractivity contribution >= 4 is 23.2 Å². The minimum absolute atomic E-state index is 0.427. The number of hydrogen-bond acceptors (Lipinski definition) is 2. The molecule has 0 spiro atoms. The number of hydrogen-bond donors (Lipinski definition) is 1. The maximum absolute atomic E-state index is 10.7. The van der Waals surface area contributed by atoms with E-state index in [2.05, 4.69) is 5.10 Å². The Kier molecular flexibility index (Phi) is 3.97. The molecule has 5 heteroatoms. The maximum Gasteiger partial charge on any atom is 0.124 e. The molecule has 3 rings (SSSR count). The molecule has 2 aromatic carbocycles. The minimum atomic E-state index is -0.950. The third-order valence-electron chi connectivity index (χ3n) is 3.23. The Bertz CT molecular complexity index is 736. The Labute approximate surface area is 132 Å². The molecular weight excluding hydrogens is 307 g/mol. The number of rotatable bonds is 3. The summed E-state index contributed by atoms with van der Waals surface area (Å²) in [6, 6.07) is 16.5. The zero-order valence-corrected chi connectivity index (χ0v) is 12.5. The number of aromatic nitrogens is 2. The van der Waals surface area contributed by atoms with Crippen molar-refractivity contribution in [1.29, 1.82) is 0 Å². The average molecular weight is 319 g/mol. The van der Waals surface area contributed by atoms with Gasteiger partial charge in [-0.25, -0.2) is 4.68 Å². The van der Waals surface area contributed by atoms with Gasteiger partial charge >= 0.3 is 0 Å². The SMILES string of the molecule is OC(c1c(Cl)cccc1Cl)c1ccnn1-c1ccccc1. The Hall–Kier alpha value is -1.81. The second kappa shape index (κ2) is 5.90. The van der Waals surface area contributed by atoms with Crippen LogP contribution < -0.4 is 0 Å². The molecule has 0 saturated heterocycles. The molecule has 0 aliphatic rings. The van der Waals surface area contributed by atoms with Gasteiger partial charge in [0, 0.05) is 21.8 Å². The molecule has 3 aromatic rings. The summed E-state index contributed by atoms with van der Waals surface area (Å²) in [5.41, 5.74) is 1.95. The molecule has 0 fully saturated rings. The number of benzene rings is 2. The fourth-order valence-electron chi connectivity index (χ4n) is 2.23. The molecule has 106 valence electrons. The van der Waals surface area contributed by atoms with Crippen LogP contribution >= 0.6 is 23.2 Å². The predicted molar refractivity (Wildman–Crippen MR) is 84.1 cm³/mol. The van der Waals surface area contributed by atoms with Crippen LogP contribution in [0, 0.1) is 0 Å². The third-order valence-corrected chi connectivity index (χ3v) is 3.89. The molecule has 0 amide bonds. The number of para-hydroxylation sites is 1. The van der Waals surface area contributed by atoms with Gasteiger partial charge in [-0.15, -0.1) is 0 Å². The number of nitrogens with zero attached hydrogens (tertiary/aromatic N) is 2. The Balaban J connectivity index is 2.08. The van der Waals surface area contributed by atoms with Gasteiger partial charge in [0.05, 0.1) is 11.4 Å². The van der Waals surface area contributed by atoms with Crippen LogP contribution in [0.2, 0.25) is 10.0 Å². The Morgan fingerprint density at radius 2 is 1.57 bits per heavy atom. The average Bonchev–Trinajstić information content (AvgIpc) is 2.97. The van der Waals surface area contributed by atoms with E-state index in [0.717, 1.165) is 5.69 Å². The normalized spacial score (nSPS) is 12.3. The zero-order valence-electron chi connectivity index (χ0n) is 10.9. The molecule has 0 aliphatic heterocycles. The fourth-order valence-corrected chi connectivity index (χ4v) is 2.83. The summed E-state index contributed by atoms with van der Waals surface area (Å²) in [4.78, 5) is 0. The van der Waals surface area contributed by atoms with Gasteiger partial charge in [0.15, 0.2) is 0 Å². The minimum Gasteiger partial charge on any atom is -0.382 e. The lowest BCUT2D eigenvalue weighted by Crippen LogP contribution is -2.09. The van der Waals surface area contributed by atoms with Gasteiger partial charge in [-0.1, -0.05) is 47.5 Å². The molecule has 1 heterocycles. The van der Waals surface area contributed by atoms with Gasteiger partial charge in [-0.3, -0.25) is 0 Å². The first-order valence-corrected chi connectivity index (χ1v) is 7.15. The summed E-state index contributed by atoms with van der Waals surface area (Å²) in [5, 5.41) is 15.8. The summed E-state index contributed by atoms with van der Waals surface area (Å²) < 4.78 is 1.67. The third kappa shape index (κ3) is 2.68. The predicted octanol–water partition coefficient (Wildman–Crippen LogP) is 4.26. The van der Waals surface area contributed by atoms with E-state index in [1.165, 1.54) is 0 Å². The Morgan fingerprint density at radius 1 is 0.905 bits per heavy atom. The first-order chi connectivity index (χ1) is 10.2. The smallest absolute Gasteiger partial charge is 0.124 e. The lowest BCUT2D eigenvalue weighted by Gasteiger charge is -2.16. The van der Waals surface area contributed by atoms with Crippen LogP contribution in [-0.4, -0.2) is 14.9 Å². The molecule has 3 nitrogen and oxygen atoms in total. The highest BCUT2D eigenvalue weighted by Crippen LogP contribution is 2.34.